The summed E-state index contributed by atoms with van der Waals surface area (Å²) >= 11 is 0. The van der Waals surface area contributed by atoms with Crippen molar-refractivity contribution >= 4 is 23.9 Å². The van der Waals surface area contributed by atoms with Crippen LogP contribution in [0.1, 0.15) is 146 Å². The van der Waals surface area contributed by atoms with Gasteiger partial charge in [0.05, 0.1) is 22.3 Å². The van der Waals surface area contributed by atoms with E-state index in [1.54, 1.807) is 0 Å². The van der Waals surface area contributed by atoms with E-state index in [1.165, 1.54) is 24.9 Å². The van der Waals surface area contributed by atoms with Crippen LogP contribution in [0, 0.1) is 35.5 Å². The number of ether oxygens (including phenoxy) is 2. The molecule has 3 aliphatic rings. The number of rotatable bonds is 9. The predicted octanol–water partition coefficient (Wildman–Crippen LogP) is 8.17. The minimum atomic E-state index is -1.45. The van der Waals surface area contributed by atoms with Crippen LogP contribution in [0.4, 0.5) is 0 Å². The van der Waals surface area contributed by atoms with Crippen molar-refractivity contribution in [2.45, 2.75) is 111 Å². The summed E-state index contributed by atoms with van der Waals surface area (Å²) in [6, 6.07) is 6.69. The van der Waals surface area contributed by atoms with Gasteiger partial charge in [0.25, 0.3) is 0 Å². The van der Waals surface area contributed by atoms with Crippen molar-refractivity contribution in [1.29, 1.82) is 0 Å². The maximum Gasteiger partial charge on any atom is 0.339 e. The molecule has 2 heterocycles. The van der Waals surface area contributed by atoms with Crippen molar-refractivity contribution < 1.29 is 38.9 Å². The number of carboxylic acid groups (broad SMARTS) is 2. The van der Waals surface area contributed by atoms with Gasteiger partial charge in [-0.25, -0.2) is 19.2 Å². The zero-order valence-corrected chi connectivity index (χ0v) is 30.8. The highest BCUT2D eigenvalue weighted by molar-refractivity contribution is 6.09. The number of likely N-dealkylation sites (tertiary alicyclic amines) is 1. The molecule has 1 aromatic heterocycles. The van der Waals surface area contributed by atoms with Gasteiger partial charge in [-0.15, -0.1) is 0 Å². The molecule has 7 atom stereocenters. The molecule has 2 aliphatic carbocycles. The Hall–Kier alpha value is -3.79. The molecule has 0 radical (unpaired) electrons. The maximum atomic E-state index is 13.2. The van der Waals surface area contributed by atoms with Crippen LogP contribution in [-0.2, 0) is 9.47 Å². The summed E-state index contributed by atoms with van der Waals surface area (Å²) < 4.78 is 11.6. The van der Waals surface area contributed by atoms with E-state index >= 15 is 0 Å². The third-order valence-electron chi connectivity index (χ3n) is 11.1. The number of carboxylic acids is 2. The number of hydrogen-bond acceptors (Lipinski definition) is 8. The molecule has 0 bridgehead atoms. The predicted molar refractivity (Wildman–Crippen MR) is 190 cm³/mol. The van der Waals surface area contributed by atoms with Crippen molar-refractivity contribution in [3.05, 3.63) is 64.5 Å². The minimum absolute atomic E-state index is 0.128. The average molecular weight is 693 g/mol. The molecule has 2 aromatic rings. The van der Waals surface area contributed by atoms with Crippen molar-refractivity contribution in [2.24, 2.45) is 35.5 Å². The molecule has 10 heteroatoms. The highest BCUT2D eigenvalue weighted by Crippen LogP contribution is 2.38. The first-order valence-electron chi connectivity index (χ1n) is 18.3. The first kappa shape index (κ1) is 39.0. The van der Waals surface area contributed by atoms with Gasteiger partial charge in [0.15, 0.2) is 0 Å². The van der Waals surface area contributed by atoms with Gasteiger partial charge >= 0.3 is 23.9 Å². The molecule has 1 aliphatic heterocycles. The van der Waals surface area contributed by atoms with Gasteiger partial charge in [-0.2, -0.15) is 0 Å². The molecule has 2 saturated carbocycles. The molecule has 1 aromatic carbocycles. The van der Waals surface area contributed by atoms with Gasteiger partial charge in [-0.05, 0) is 111 Å². The normalized spacial score (nSPS) is 26.9. The second-order valence-electron chi connectivity index (χ2n) is 15.5. The highest BCUT2D eigenvalue weighted by atomic mass is 16.5. The van der Waals surface area contributed by atoms with Crippen LogP contribution < -0.4 is 0 Å². The lowest BCUT2D eigenvalue weighted by Crippen LogP contribution is -2.36. The monoisotopic (exact) mass is 692 g/mol. The summed E-state index contributed by atoms with van der Waals surface area (Å²) in [7, 11) is 2.19. The summed E-state index contributed by atoms with van der Waals surface area (Å²) in [6.07, 6.45) is 10.8. The second kappa shape index (κ2) is 17.4. The molecular weight excluding hydrogens is 636 g/mol. The van der Waals surface area contributed by atoms with Gasteiger partial charge < -0.3 is 19.7 Å². The topological polar surface area (TPSA) is 143 Å². The Kier molecular flexibility index (Phi) is 13.6. The molecule has 0 unspecified atom stereocenters. The Labute approximate surface area is 297 Å². The molecule has 5 rings (SSSR count). The lowest BCUT2D eigenvalue weighted by molar-refractivity contribution is -0.0187. The van der Waals surface area contributed by atoms with Crippen LogP contribution in [0.15, 0.2) is 36.7 Å². The van der Waals surface area contributed by atoms with Gasteiger partial charge in [0.2, 0.25) is 0 Å². The summed E-state index contributed by atoms with van der Waals surface area (Å²) in [6.45, 7) is 13.6. The largest absolute Gasteiger partial charge is 0.478 e. The van der Waals surface area contributed by atoms with E-state index < -0.39 is 47.2 Å². The third kappa shape index (κ3) is 9.71. The Morgan fingerprint density at radius 1 is 0.760 bits per heavy atom. The molecular formula is C40H56N2O8. The maximum absolute atomic E-state index is 13.2. The third-order valence-corrected chi connectivity index (χ3v) is 11.1. The standard InChI is InChI=1S/C30H42O8.C10H14N2/c1-15(2)19-9-7-17(5)11-25(19)37-29(35)23-13-22(28(33)34)24(14-21(23)27(31)32)30(36)38-26-12-18(6)8-10-20(26)16(3)4;1-12-7-3-5-10(12)9-4-2-6-11-8-9/h13-20,25-26H,7-12H2,1-6H3,(H,31,32)(H,33,34);2,4,6,8,10H,3,5,7H2,1H3/t17-,18-,19+,20+,25-,26-;10-/m10/s1. The van der Waals surface area contributed by atoms with Crippen molar-refractivity contribution in [1.82, 2.24) is 9.88 Å². The molecule has 10 nitrogen and oxygen atoms in total. The van der Waals surface area contributed by atoms with Crippen LogP contribution in [0.2, 0.25) is 0 Å². The fraction of sp³-hybridized carbons (Fsp3) is 0.625. The average Bonchev–Trinajstić information content (AvgIpc) is 3.50. The molecule has 0 spiro atoms. The molecule has 2 N–H and O–H groups in total. The molecule has 3 fully saturated rings. The fourth-order valence-electron chi connectivity index (χ4n) is 8.10. The number of nitrogens with zero attached hydrogens (tertiary/aromatic N) is 2. The number of pyridine rings is 1. The molecule has 274 valence electrons. The smallest absolute Gasteiger partial charge is 0.339 e. The van der Waals surface area contributed by atoms with E-state index in [4.69, 9.17) is 9.47 Å². The van der Waals surface area contributed by atoms with E-state index in [0.29, 0.717) is 30.7 Å². The minimum Gasteiger partial charge on any atom is -0.478 e. The van der Waals surface area contributed by atoms with Crippen LogP contribution >= 0.6 is 0 Å². The van der Waals surface area contributed by atoms with E-state index in [-0.39, 0.29) is 34.8 Å². The van der Waals surface area contributed by atoms with Gasteiger partial charge in [-0.1, -0.05) is 60.5 Å². The highest BCUT2D eigenvalue weighted by Gasteiger charge is 2.37. The number of carbonyl (C=O) groups excluding carboxylic acids is 2. The first-order valence-corrected chi connectivity index (χ1v) is 18.3. The Morgan fingerprint density at radius 2 is 1.24 bits per heavy atom. The van der Waals surface area contributed by atoms with Crippen molar-refractivity contribution in [3.8, 4) is 0 Å². The zero-order chi connectivity index (χ0) is 36.7. The van der Waals surface area contributed by atoms with Crippen LogP contribution in [0.5, 0.6) is 0 Å². The number of esters is 2. The Morgan fingerprint density at radius 3 is 1.60 bits per heavy atom. The quantitative estimate of drug-likeness (QED) is 0.247. The lowest BCUT2D eigenvalue weighted by atomic mass is 9.75. The zero-order valence-electron chi connectivity index (χ0n) is 30.8. The van der Waals surface area contributed by atoms with Crippen LogP contribution in [0.25, 0.3) is 0 Å². The van der Waals surface area contributed by atoms with E-state index in [9.17, 15) is 29.4 Å². The summed E-state index contributed by atoms with van der Waals surface area (Å²) in [5, 5.41) is 19.8. The number of aromatic nitrogens is 1. The number of aromatic carboxylic acids is 2. The van der Waals surface area contributed by atoms with Gasteiger partial charge in [0, 0.05) is 18.4 Å². The lowest BCUT2D eigenvalue weighted by Gasteiger charge is -2.37. The number of hydrogen-bond donors (Lipinski definition) is 2. The summed E-state index contributed by atoms with van der Waals surface area (Å²) in [4.78, 5) is 57.4. The van der Waals surface area contributed by atoms with Gasteiger partial charge in [-0.3, -0.25) is 9.88 Å². The second-order valence-corrected chi connectivity index (χ2v) is 15.5. The molecule has 50 heavy (non-hydrogen) atoms. The summed E-state index contributed by atoms with van der Waals surface area (Å²) in [5.74, 6) is -3.20. The van der Waals surface area contributed by atoms with E-state index in [1.807, 2.05) is 18.5 Å². The molecule has 0 amide bonds. The van der Waals surface area contributed by atoms with E-state index in [2.05, 4.69) is 64.5 Å². The van der Waals surface area contributed by atoms with Gasteiger partial charge in [0.1, 0.15) is 12.2 Å². The van der Waals surface area contributed by atoms with Crippen molar-refractivity contribution in [3.63, 3.8) is 0 Å². The van der Waals surface area contributed by atoms with Crippen LogP contribution in [0.3, 0.4) is 0 Å². The van der Waals surface area contributed by atoms with E-state index in [0.717, 1.165) is 37.8 Å². The Bertz CT molecular complexity index is 1410. The summed E-state index contributed by atoms with van der Waals surface area (Å²) in [5.41, 5.74) is -0.349. The first-order chi connectivity index (χ1) is 23.7. The Balaban J connectivity index is 0.000000390. The number of benzene rings is 1. The fourth-order valence-corrected chi connectivity index (χ4v) is 8.10. The van der Waals surface area contributed by atoms with Crippen LogP contribution in [-0.4, -0.2) is 69.8 Å². The SMILES string of the molecule is CC(C)[C@@H]1CC[C@@H](C)C[C@H]1OC(=O)c1cc(C(=O)O)c(C(=O)O[C@@H]2C[C@H](C)CC[C@H]2C(C)C)cc1C(=O)O.CN1CCC[C@H]1c1cccnc1. The molecule has 1 saturated heterocycles. The number of carbonyl (C=O) groups is 4. The van der Waals surface area contributed by atoms with Crippen molar-refractivity contribution in [2.75, 3.05) is 13.6 Å².